The van der Waals surface area contributed by atoms with E-state index in [0.717, 1.165) is 26.0 Å². The van der Waals surface area contributed by atoms with Crippen LogP contribution in [0.1, 0.15) is 13.3 Å². The normalized spacial score (nSPS) is 22.6. The molecule has 0 aliphatic carbocycles. The Bertz CT molecular complexity index is 323. The SMILES string of the molecule is CCOC(=O)[C@@H]1CC(SCCNB(C)O)CN1CB=O. The van der Waals surface area contributed by atoms with Crippen molar-refractivity contribution in [2.24, 2.45) is 0 Å². The minimum absolute atomic E-state index is 0.237. The van der Waals surface area contributed by atoms with Crippen LogP contribution in [0.15, 0.2) is 0 Å². The number of rotatable bonds is 9. The van der Waals surface area contributed by atoms with E-state index in [1.807, 2.05) is 4.90 Å². The quantitative estimate of drug-likeness (QED) is 0.335. The first-order valence-corrected chi connectivity index (χ1v) is 8.00. The molecule has 1 aliphatic rings. The van der Waals surface area contributed by atoms with Gasteiger partial charge in [-0.25, -0.2) is 0 Å². The van der Waals surface area contributed by atoms with Crippen molar-refractivity contribution in [2.45, 2.75) is 31.5 Å². The molecule has 6 nitrogen and oxygen atoms in total. The zero-order chi connectivity index (χ0) is 15.0. The van der Waals surface area contributed by atoms with E-state index in [-0.39, 0.29) is 18.5 Å². The third-order valence-electron chi connectivity index (χ3n) is 3.13. The summed E-state index contributed by atoms with van der Waals surface area (Å²) in [5.41, 5.74) is 0. The van der Waals surface area contributed by atoms with Crippen LogP contribution in [0.2, 0.25) is 6.82 Å². The molecule has 0 radical (unpaired) electrons. The summed E-state index contributed by atoms with van der Waals surface area (Å²) in [6.45, 7) is 5.27. The molecule has 20 heavy (non-hydrogen) atoms. The topological polar surface area (TPSA) is 78.9 Å². The second kappa shape index (κ2) is 9.55. The third-order valence-corrected chi connectivity index (χ3v) is 4.38. The van der Waals surface area contributed by atoms with E-state index in [9.17, 15) is 9.50 Å². The number of hydrogen-bond donors (Lipinski definition) is 2. The number of nitrogens with one attached hydrogen (secondary N) is 1. The molecule has 0 aromatic rings. The van der Waals surface area contributed by atoms with Crippen molar-refractivity contribution in [1.82, 2.24) is 10.1 Å². The van der Waals surface area contributed by atoms with Gasteiger partial charge in [0.25, 0.3) is 0 Å². The molecule has 9 heteroatoms. The molecule has 2 atom stereocenters. The zero-order valence-electron chi connectivity index (χ0n) is 12.1. The van der Waals surface area contributed by atoms with E-state index in [1.54, 1.807) is 25.5 Å². The van der Waals surface area contributed by atoms with Gasteiger partial charge in [0.1, 0.15) is 0 Å². The van der Waals surface area contributed by atoms with Crippen LogP contribution in [0.25, 0.3) is 0 Å². The Morgan fingerprint density at radius 1 is 1.65 bits per heavy atom. The van der Waals surface area contributed by atoms with Crippen molar-refractivity contribution < 1.29 is 19.3 Å². The van der Waals surface area contributed by atoms with Crippen LogP contribution in [0.5, 0.6) is 0 Å². The first-order chi connectivity index (χ1) is 9.58. The summed E-state index contributed by atoms with van der Waals surface area (Å²) >= 11 is 1.76. The number of carbonyl (C=O) groups is 1. The van der Waals surface area contributed by atoms with E-state index < -0.39 is 7.05 Å². The number of esters is 1. The Hall–Kier alpha value is -0.370. The first kappa shape index (κ1) is 17.7. The minimum atomic E-state index is -0.502. The average molecular weight is 300 g/mol. The van der Waals surface area contributed by atoms with Gasteiger partial charge in [-0.2, -0.15) is 0 Å². The van der Waals surface area contributed by atoms with Crippen LogP contribution in [-0.2, 0) is 14.2 Å². The molecule has 1 fully saturated rings. The Balaban J connectivity index is 2.40. The molecule has 0 bridgehead atoms. The van der Waals surface area contributed by atoms with Gasteiger partial charge in [-0.1, -0.05) is 0 Å². The van der Waals surface area contributed by atoms with Gasteiger partial charge < -0.3 is 0 Å². The molecule has 112 valence electrons. The van der Waals surface area contributed by atoms with E-state index in [4.69, 9.17) is 9.76 Å². The summed E-state index contributed by atoms with van der Waals surface area (Å²) in [6, 6.07) is -0.303. The summed E-state index contributed by atoms with van der Waals surface area (Å²) in [5.74, 6) is 0.625. The second-order valence-corrected chi connectivity index (χ2v) is 6.16. The maximum absolute atomic E-state index is 11.9. The molecule has 1 saturated heterocycles. The number of ether oxygens (including phenoxy) is 1. The molecule has 1 heterocycles. The Morgan fingerprint density at radius 3 is 3.00 bits per heavy atom. The van der Waals surface area contributed by atoms with Crippen molar-refractivity contribution in [2.75, 3.05) is 31.9 Å². The van der Waals surface area contributed by atoms with Gasteiger partial charge in [0.05, 0.1) is 0 Å². The van der Waals surface area contributed by atoms with Crippen LogP contribution in [0, 0.1) is 0 Å². The molecule has 1 aliphatic heterocycles. The maximum atomic E-state index is 11.9. The van der Waals surface area contributed by atoms with Gasteiger partial charge in [0, 0.05) is 0 Å². The molecule has 0 spiro atoms. The van der Waals surface area contributed by atoms with Gasteiger partial charge in [0.15, 0.2) is 0 Å². The van der Waals surface area contributed by atoms with E-state index >= 15 is 0 Å². The number of thioether (sulfide) groups is 1. The monoisotopic (exact) mass is 300 g/mol. The summed E-state index contributed by atoms with van der Waals surface area (Å²) in [4.78, 5) is 13.7. The zero-order valence-corrected chi connectivity index (χ0v) is 12.9. The standard InChI is InChI=1S/C11H22B2N2O4S/c1-3-19-11(16)10-6-9(7-15(10)8-12-17)20-5-4-14-13(2)18/h9-10,14,18H,3-8H2,1-2H3/t9?,10-/m0/s1. The van der Waals surface area contributed by atoms with Gasteiger partial charge in [-0.05, 0) is 0 Å². The fourth-order valence-corrected chi connectivity index (χ4v) is 3.44. The van der Waals surface area contributed by atoms with Gasteiger partial charge >= 0.3 is 125 Å². The molecule has 0 aromatic heterocycles. The summed E-state index contributed by atoms with van der Waals surface area (Å²) < 4.78 is 15.7. The van der Waals surface area contributed by atoms with Crippen LogP contribution in [0.4, 0.5) is 0 Å². The third kappa shape index (κ3) is 5.95. The van der Waals surface area contributed by atoms with Crippen molar-refractivity contribution in [3.05, 3.63) is 0 Å². The molecule has 1 rings (SSSR count). The predicted molar refractivity (Wildman–Crippen MR) is 81.1 cm³/mol. The Morgan fingerprint density at radius 2 is 2.40 bits per heavy atom. The van der Waals surface area contributed by atoms with Crippen LogP contribution in [-0.4, -0.2) is 73.3 Å². The summed E-state index contributed by atoms with van der Waals surface area (Å²) in [7, 11) is 0.326. The number of hydrogen-bond acceptors (Lipinski definition) is 7. The van der Waals surface area contributed by atoms with Gasteiger partial charge in [-0.15, -0.1) is 0 Å². The molecule has 1 unspecified atom stereocenters. The van der Waals surface area contributed by atoms with Crippen LogP contribution < -0.4 is 5.23 Å². The fraction of sp³-hybridized carbons (Fsp3) is 0.909. The van der Waals surface area contributed by atoms with E-state index in [1.165, 1.54) is 0 Å². The number of likely N-dealkylation sites (tertiary alicyclic amines) is 1. The van der Waals surface area contributed by atoms with E-state index in [2.05, 4.69) is 5.23 Å². The Kier molecular flexibility index (Phi) is 8.44. The molecular weight excluding hydrogens is 278 g/mol. The molecule has 0 aromatic carbocycles. The number of nitrogens with zero attached hydrogens (tertiary/aromatic N) is 1. The van der Waals surface area contributed by atoms with Gasteiger partial charge in [0.2, 0.25) is 0 Å². The average Bonchev–Trinajstić information content (AvgIpc) is 2.78. The summed E-state index contributed by atoms with van der Waals surface area (Å²) in [6.07, 6.45) is 0.985. The van der Waals surface area contributed by atoms with Crippen molar-refractivity contribution in [3.8, 4) is 0 Å². The predicted octanol–water partition coefficient (Wildman–Crippen LogP) is -0.567. The fourth-order valence-electron chi connectivity index (χ4n) is 2.26. The van der Waals surface area contributed by atoms with Crippen molar-refractivity contribution in [1.29, 1.82) is 0 Å². The second-order valence-electron chi connectivity index (χ2n) is 4.75. The molecule has 0 saturated carbocycles. The molecule has 0 amide bonds. The Labute approximate surface area is 125 Å². The molecule has 2 N–H and O–H groups in total. The first-order valence-electron chi connectivity index (χ1n) is 6.95. The van der Waals surface area contributed by atoms with Crippen molar-refractivity contribution in [3.63, 3.8) is 0 Å². The summed E-state index contributed by atoms with van der Waals surface area (Å²) in [5, 5.41) is 12.4. The van der Waals surface area contributed by atoms with E-state index in [0.29, 0.717) is 18.3 Å². The van der Waals surface area contributed by atoms with Crippen LogP contribution in [0.3, 0.4) is 0 Å². The van der Waals surface area contributed by atoms with Gasteiger partial charge in [-0.3, -0.25) is 0 Å². The van der Waals surface area contributed by atoms with Crippen LogP contribution >= 0.6 is 11.8 Å². The van der Waals surface area contributed by atoms with Crippen molar-refractivity contribution >= 4 is 31.9 Å². The number of carbonyl (C=O) groups excluding carboxylic acids is 1. The molecular formula is C11H22B2N2O4S.